The van der Waals surface area contributed by atoms with E-state index in [4.69, 9.17) is 19.6 Å². The molecule has 98 valence electrons. The van der Waals surface area contributed by atoms with Crippen LogP contribution in [0.4, 0.5) is 0 Å². The summed E-state index contributed by atoms with van der Waals surface area (Å²) in [5.41, 5.74) is 0. The second-order valence-corrected chi connectivity index (χ2v) is 5.99. The van der Waals surface area contributed by atoms with Gasteiger partial charge >= 0.3 is 15.6 Å². The smallest absolute Gasteiger partial charge is 0.303 e. The summed E-state index contributed by atoms with van der Waals surface area (Å²) < 4.78 is 29.9. The normalized spacial score (nSPS) is 17.5. The molecule has 0 rings (SSSR count). The molecule has 8 nitrogen and oxygen atoms in total. The molecule has 0 radical (unpaired) electrons. The number of rotatable bonds is 6. The molecule has 0 aliphatic rings. The zero-order valence-corrected chi connectivity index (χ0v) is 10.8. The van der Waals surface area contributed by atoms with Crippen molar-refractivity contribution in [1.82, 2.24) is 0 Å². The number of phosphoric acid groups is 2. The third-order valence-electron chi connectivity index (χ3n) is 1.68. The lowest BCUT2D eigenvalue weighted by Gasteiger charge is -2.27. The van der Waals surface area contributed by atoms with Gasteiger partial charge in [0.15, 0.2) is 0 Å². The molecule has 10 heteroatoms. The van der Waals surface area contributed by atoms with Crippen LogP contribution in [0.15, 0.2) is 0 Å². The van der Waals surface area contributed by atoms with Crippen LogP contribution in [0.25, 0.3) is 0 Å². The summed E-state index contributed by atoms with van der Waals surface area (Å²) in [4.78, 5) is 34.4. The molecule has 0 fully saturated rings. The van der Waals surface area contributed by atoms with Gasteiger partial charge in [0, 0.05) is 0 Å². The summed E-state index contributed by atoms with van der Waals surface area (Å²) in [5.74, 6) is -0.380. The lowest BCUT2D eigenvalue weighted by molar-refractivity contribution is 0.000609. The van der Waals surface area contributed by atoms with E-state index in [-0.39, 0.29) is 5.92 Å². The van der Waals surface area contributed by atoms with Crippen molar-refractivity contribution < 1.29 is 37.8 Å². The van der Waals surface area contributed by atoms with Gasteiger partial charge in [-0.2, -0.15) is 0 Å². The first kappa shape index (κ1) is 16.2. The fraction of sp³-hybridized carbons (Fsp3) is 1.00. The number of hydrogen-bond donors (Lipinski definition) is 4. The summed E-state index contributed by atoms with van der Waals surface area (Å²) in [6.07, 6.45) is -2.26. The van der Waals surface area contributed by atoms with Crippen LogP contribution in [0, 0.1) is 5.92 Å². The molecule has 0 saturated heterocycles. The first-order valence-electron chi connectivity index (χ1n) is 4.40. The summed E-state index contributed by atoms with van der Waals surface area (Å²) in [7, 11) is -9.44. The second kappa shape index (κ2) is 5.71. The Hall–Kier alpha value is 0.220. The van der Waals surface area contributed by atoms with Gasteiger partial charge in [-0.1, -0.05) is 13.8 Å². The highest BCUT2D eigenvalue weighted by Crippen LogP contribution is 2.44. The SMILES string of the molecule is CC(C)C(OP(=O)(O)O)C(C)OP(=O)(O)O. The Bertz CT molecular complexity index is 304. The Balaban J connectivity index is 4.67. The molecular weight excluding hydrogens is 262 g/mol. The largest absolute Gasteiger partial charge is 0.469 e. The molecule has 2 unspecified atom stereocenters. The van der Waals surface area contributed by atoms with Crippen LogP contribution >= 0.6 is 15.6 Å². The van der Waals surface area contributed by atoms with Crippen LogP contribution in [-0.2, 0) is 18.2 Å². The van der Waals surface area contributed by atoms with E-state index in [9.17, 15) is 9.13 Å². The Morgan fingerprint density at radius 3 is 1.50 bits per heavy atom. The van der Waals surface area contributed by atoms with Gasteiger partial charge < -0.3 is 19.6 Å². The van der Waals surface area contributed by atoms with Crippen molar-refractivity contribution in [3.8, 4) is 0 Å². The molecule has 0 bridgehead atoms. The van der Waals surface area contributed by atoms with E-state index in [1.165, 1.54) is 6.92 Å². The molecule has 0 spiro atoms. The maximum atomic E-state index is 10.6. The van der Waals surface area contributed by atoms with E-state index >= 15 is 0 Å². The fourth-order valence-electron chi connectivity index (χ4n) is 1.18. The van der Waals surface area contributed by atoms with Gasteiger partial charge in [0.2, 0.25) is 0 Å². The number of hydrogen-bond acceptors (Lipinski definition) is 4. The minimum absolute atomic E-state index is 0.380. The molecule has 0 saturated carbocycles. The molecule has 4 N–H and O–H groups in total. The van der Waals surface area contributed by atoms with Crippen LogP contribution in [0.3, 0.4) is 0 Å². The molecular formula is C6H16O8P2. The average molecular weight is 278 g/mol. The minimum Gasteiger partial charge on any atom is -0.303 e. The van der Waals surface area contributed by atoms with Gasteiger partial charge in [-0.3, -0.25) is 9.05 Å². The molecule has 0 aliphatic carbocycles. The number of phosphoric ester groups is 2. The summed E-state index contributed by atoms with van der Waals surface area (Å²) in [5, 5.41) is 0. The quantitative estimate of drug-likeness (QED) is 0.519. The maximum absolute atomic E-state index is 10.6. The van der Waals surface area contributed by atoms with Crippen LogP contribution < -0.4 is 0 Å². The standard InChI is InChI=1S/C6H16O8P2/c1-4(2)6(14-16(10,11)12)5(3)13-15(7,8)9/h4-6H,1-3H3,(H2,7,8,9)(H2,10,11,12). The van der Waals surface area contributed by atoms with Crippen molar-refractivity contribution in [2.75, 3.05) is 0 Å². The van der Waals surface area contributed by atoms with E-state index in [1.807, 2.05) is 0 Å². The molecule has 0 amide bonds. The summed E-state index contributed by atoms with van der Waals surface area (Å²) in [6, 6.07) is 0. The van der Waals surface area contributed by atoms with Crippen molar-refractivity contribution >= 4 is 15.6 Å². The van der Waals surface area contributed by atoms with E-state index in [0.29, 0.717) is 0 Å². The van der Waals surface area contributed by atoms with Gasteiger partial charge in [-0.25, -0.2) is 9.13 Å². The van der Waals surface area contributed by atoms with E-state index in [2.05, 4.69) is 9.05 Å². The Labute approximate surface area is 93.1 Å². The van der Waals surface area contributed by atoms with E-state index < -0.39 is 27.9 Å². The summed E-state index contributed by atoms with van der Waals surface area (Å²) >= 11 is 0. The topological polar surface area (TPSA) is 134 Å². The first-order chi connectivity index (χ1) is 6.92. The maximum Gasteiger partial charge on any atom is 0.469 e. The van der Waals surface area contributed by atoms with Gasteiger partial charge in [0.1, 0.15) is 0 Å². The van der Waals surface area contributed by atoms with Crippen LogP contribution in [-0.4, -0.2) is 31.8 Å². The van der Waals surface area contributed by atoms with Crippen molar-refractivity contribution in [3.63, 3.8) is 0 Å². The van der Waals surface area contributed by atoms with Gasteiger partial charge in [-0.05, 0) is 12.8 Å². The second-order valence-electron chi connectivity index (χ2n) is 3.61. The molecule has 0 aromatic rings. The van der Waals surface area contributed by atoms with Crippen LogP contribution in [0.2, 0.25) is 0 Å². The summed E-state index contributed by atoms with van der Waals surface area (Å²) in [6.45, 7) is 4.43. The highest BCUT2D eigenvalue weighted by molar-refractivity contribution is 7.46. The minimum atomic E-state index is -4.73. The van der Waals surface area contributed by atoms with E-state index in [0.717, 1.165) is 0 Å². The highest BCUT2D eigenvalue weighted by atomic mass is 31.2. The molecule has 0 aromatic carbocycles. The molecule has 0 heterocycles. The fourth-order valence-corrected chi connectivity index (χ4v) is 2.47. The molecule has 0 aliphatic heterocycles. The van der Waals surface area contributed by atoms with Crippen molar-refractivity contribution in [2.45, 2.75) is 33.0 Å². The zero-order valence-electron chi connectivity index (χ0n) is 9.05. The van der Waals surface area contributed by atoms with Crippen LogP contribution in [0.1, 0.15) is 20.8 Å². The van der Waals surface area contributed by atoms with E-state index in [1.54, 1.807) is 13.8 Å². The van der Waals surface area contributed by atoms with Crippen molar-refractivity contribution in [2.24, 2.45) is 5.92 Å². The Morgan fingerprint density at radius 1 is 0.875 bits per heavy atom. The zero-order chi connectivity index (χ0) is 13.1. The lowest BCUT2D eigenvalue weighted by Crippen LogP contribution is -2.32. The van der Waals surface area contributed by atoms with Gasteiger partial charge in [-0.15, -0.1) is 0 Å². The van der Waals surface area contributed by atoms with Crippen molar-refractivity contribution in [1.29, 1.82) is 0 Å². The Morgan fingerprint density at radius 2 is 1.25 bits per heavy atom. The Kier molecular flexibility index (Phi) is 5.79. The third kappa shape index (κ3) is 7.49. The van der Waals surface area contributed by atoms with Gasteiger partial charge in [0.25, 0.3) is 0 Å². The molecule has 16 heavy (non-hydrogen) atoms. The van der Waals surface area contributed by atoms with Gasteiger partial charge in [0.05, 0.1) is 12.2 Å². The van der Waals surface area contributed by atoms with Crippen LogP contribution in [0.5, 0.6) is 0 Å². The molecule has 2 atom stereocenters. The monoisotopic (exact) mass is 278 g/mol. The van der Waals surface area contributed by atoms with Crippen molar-refractivity contribution in [3.05, 3.63) is 0 Å². The highest BCUT2D eigenvalue weighted by Gasteiger charge is 2.33. The first-order valence-corrected chi connectivity index (χ1v) is 7.46. The average Bonchev–Trinajstić information content (AvgIpc) is 1.94. The molecule has 0 aromatic heterocycles. The third-order valence-corrected chi connectivity index (χ3v) is 2.81. The lowest BCUT2D eigenvalue weighted by atomic mass is 10.0. The predicted octanol–water partition coefficient (Wildman–Crippen LogP) is 0.618. The predicted molar refractivity (Wildman–Crippen MR) is 54.3 cm³/mol.